The third-order valence-corrected chi connectivity index (χ3v) is 14.3. The first-order valence-corrected chi connectivity index (χ1v) is 28.0. The lowest BCUT2D eigenvalue weighted by Crippen LogP contribution is -2.20. The van der Waals surface area contributed by atoms with Crippen molar-refractivity contribution < 1.29 is 33.2 Å². The van der Waals surface area contributed by atoms with Crippen molar-refractivity contribution in [2.24, 2.45) is 0 Å². The SMILES string of the molecule is CCOc1ccc(C(C)(C)Cc2ccc(Oc3cccc(Oc4cccc(COCc5cccc(Oc6cccc(Oc7ccc(CC(C)(C)c8ccc(OCC)cc8)cc7-c7ccccc7)c6)c5)c4)c3)c(-c3ccccc3)c2)cc1. The molecule has 0 saturated carbocycles. The summed E-state index contributed by atoms with van der Waals surface area (Å²) in [5, 5.41) is 0. The first-order valence-electron chi connectivity index (χ1n) is 28.0. The van der Waals surface area contributed by atoms with Crippen molar-refractivity contribution in [1.29, 1.82) is 0 Å². The third kappa shape index (κ3) is 14.8. The van der Waals surface area contributed by atoms with E-state index in [0.29, 0.717) is 60.9 Å². The molecule has 0 aliphatic heterocycles. The van der Waals surface area contributed by atoms with Gasteiger partial charge in [-0.2, -0.15) is 0 Å². The van der Waals surface area contributed by atoms with Gasteiger partial charge in [-0.25, -0.2) is 0 Å². The highest BCUT2D eigenvalue weighted by molar-refractivity contribution is 5.73. The second-order valence-electron chi connectivity index (χ2n) is 21.6. The van der Waals surface area contributed by atoms with Gasteiger partial charge in [0.15, 0.2) is 0 Å². The number of hydrogen-bond acceptors (Lipinski definition) is 7. The number of rotatable bonds is 24. The topological polar surface area (TPSA) is 64.6 Å². The fraction of sp³-hybridized carbons (Fsp3) is 0.189. The molecule has 0 aliphatic rings. The smallest absolute Gasteiger partial charge is 0.135 e. The van der Waals surface area contributed by atoms with Crippen molar-refractivity contribution in [3.63, 3.8) is 0 Å². The predicted octanol–water partition coefficient (Wildman–Crippen LogP) is 19.7. The Hall–Kier alpha value is -9.04. The summed E-state index contributed by atoms with van der Waals surface area (Å²) in [6, 6.07) is 82.2. The molecule has 0 spiro atoms. The van der Waals surface area contributed by atoms with Crippen LogP contribution < -0.4 is 28.4 Å². The Morgan fingerprint density at radius 2 is 0.654 bits per heavy atom. The van der Waals surface area contributed by atoms with Gasteiger partial charge in [-0.3, -0.25) is 0 Å². The van der Waals surface area contributed by atoms with E-state index in [-0.39, 0.29) is 10.8 Å². The van der Waals surface area contributed by atoms with E-state index in [4.69, 9.17) is 33.2 Å². The minimum absolute atomic E-state index is 0.103. The summed E-state index contributed by atoms with van der Waals surface area (Å²) in [4.78, 5) is 0. The summed E-state index contributed by atoms with van der Waals surface area (Å²) in [6.07, 6.45) is 1.71. The highest BCUT2D eigenvalue weighted by atomic mass is 16.5. The number of hydrogen-bond donors (Lipinski definition) is 0. The molecule has 0 unspecified atom stereocenters. The van der Waals surface area contributed by atoms with Crippen LogP contribution in [0.25, 0.3) is 22.3 Å². The monoisotopic (exact) mass is 1070 g/mol. The largest absolute Gasteiger partial charge is 0.494 e. The van der Waals surface area contributed by atoms with Crippen LogP contribution in [-0.2, 0) is 41.6 Å². The summed E-state index contributed by atoms with van der Waals surface area (Å²) in [5.74, 6) is 7.40. The molecule has 0 bridgehead atoms. The molecule has 0 aromatic heterocycles. The zero-order valence-corrected chi connectivity index (χ0v) is 47.2. The molecule has 0 atom stereocenters. The summed E-state index contributed by atoms with van der Waals surface area (Å²) < 4.78 is 43.8. The lowest BCUT2D eigenvalue weighted by molar-refractivity contribution is 0.107. The van der Waals surface area contributed by atoms with Crippen LogP contribution in [0.2, 0.25) is 0 Å². The Kier molecular flexibility index (Phi) is 17.6. The van der Waals surface area contributed by atoms with E-state index >= 15 is 0 Å². The van der Waals surface area contributed by atoms with Crippen molar-refractivity contribution in [1.82, 2.24) is 0 Å². The Morgan fingerprint density at radius 1 is 0.296 bits per heavy atom. The fourth-order valence-electron chi connectivity index (χ4n) is 10.2. The lowest BCUT2D eigenvalue weighted by atomic mass is 9.79. The van der Waals surface area contributed by atoms with Crippen LogP contribution in [0, 0.1) is 0 Å². The Bertz CT molecular complexity index is 3400. The molecule has 7 heteroatoms. The Labute approximate surface area is 478 Å². The van der Waals surface area contributed by atoms with Gasteiger partial charge < -0.3 is 33.2 Å². The van der Waals surface area contributed by atoms with Gasteiger partial charge >= 0.3 is 0 Å². The maximum absolute atomic E-state index is 6.65. The van der Waals surface area contributed by atoms with Crippen LogP contribution in [0.5, 0.6) is 57.5 Å². The molecule has 0 fully saturated rings. The van der Waals surface area contributed by atoms with Gasteiger partial charge in [-0.15, -0.1) is 0 Å². The standard InChI is InChI=1S/C74H70O7/c1-7-76-61-37-33-59(34-38-61)73(3,4)49-53-31-41-71(69(45-53)57-21-11-9-12-22-57)80-67-29-17-27-65(47-67)78-63-25-15-19-55(43-63)51-75-52-56-20-16-26-64(44-56)79-66-28-18-30-68(48-66)81-72-42-32-54(46-70(72)58-23-13-10-14-24-58)50-74(5,6)60-35-39-62(40-36-60)77-8-2/h9-48H,7-8,49-52H2,1-6H3. The minimum atomic E-state index is -0.103. The van der Waals surface area contributed by atoms with Gasteiger partial charge in [0.25, 0.3) is 0 Å². The number of ether oxygens (including phenoxy) is 7. The van der Waals surface area contributed by atoms with Gasteiger partial charge in [0.1, 0.15) is 57.5 Å². The first kappa shape index (κ1) is 55.3. The maximum atomic E-state index is 6.65. The highest BCUT2D eigenvalue weighted by Gasteiger charge is 2.24. The summed E-state index contributed by atoms with van der Waals surface area (Å²) >= 11 is 0. The average molecular weight is 1070 g/mol. The third-order valence-electron chi connectivity index (χ3n) is 14.3. The molecule has 0 N–H and O–H groups in total. The van der Waals surface area contributed by atoms with Crippen molar-refractivity contribution >= 4 is 0 Å². The Balaban J connectivity index is 0.752. The molecule has 408 valence electrons. The summed E-state index contributed by atoms with van der Waals surface area (Å²) in [5.41, 5.74) is 11.0. The molecule has 0 heterocycles. The van der Waals surface area contributed by atoms with Crippen LogP contribution in [0.15, 0.2) is 243 Å². The molecule has 0 radical (unpaired) electrons. The quantitative estimate of drug-likeness (QED) is 0.0597. The van der Waals surface area contributed by atoms with E-state index in [9.17, 15) is 0 Å². The molecule has 0 saturated heterocycles. The molecular weight excluding hydrogens is 1000 g/mol. The molecule has 0 amide bonds. The van der Waals surface area contributed by atoms with E-state index in [1.165, 1.54) is 22.3 Å². The molecule has 7 nitrogen and oxygen atoms in total. The van der Waals surface area contributed by atoms with Crippen LogP contribution in [0.1, 0.15) is 74.9 Å². The van der Waals surface area contributed by atoms with Crippen LogP contribution in [0.3, 0.4) is 0 Å². The van der Waals surface area contributed by atoms with E-state index in [1.54, 1.807) is 0 Å². The summed E-state index contributed by atoms with van der Waals surface area (Å²) in [6.45, 7) is 15.2. The van der Waals surface area contributed by atoms with E-state index in [2.05, 4.69) is 161 Å². The van der Waals surface area contributed by atoms with E-state index in [1.807, 2.05) is 123 Å². The normalized spacial score (nSPS) is 11.4. The molecule has 10 rings (SSSR count). The van der Waals surface area contributed by atoms with Crippen molar-refractivity contribution in [2.75, 3.05) is 13.2 Å². The molecule has 10 aromatic carbocycles. The van der Waals surface area contributed by atoms with Gasteiger partial charge in [0, 0.05) is 23.3 Å². The maximum Gasteiger partial charge on any atom is 0.135 e. The summed E-state index contributed by atoms with van der Waals surface area (Å²) in [7, 11) is 0. The van der Waals surface area contributed by atoms with Gasteiger partial charge in [-0.05, 0) is 179 Å². The van der Waals surface area contributed by atoms with Gasteiger partial charge in [0.05, 0.1) is 26.4 Å². The van der Waals surface area contributed by atoms with Crippen LogP contribution >= 0.6 is 0 Å². The van der Waals surface area contributed by atoms with Crippen LogP contribution in [0.4, 0.5) is 0 Å². The zero-order valence-electron chi connectivity index (χ0n) is 47.2. The Morgan fingerprint density at radius 3 is 1.04 bits per heavy atom. The molecular formula is C74H70O7. The van der Waals surface area contributed by atoms with Gasteiger partial charge in [-0.1, -0.05) is 161 Å². The van der Waals surface area contributed by atoms with Crippen molar-refractivity contribution in [2.45, 2.75) is 78.4 Å². The zero-order chi connectivity index (χ0) is 56.0. The predicted molar refractivity (Wildman–Crippen MR) is 327 cm³/mol. The minimum Gasteiger partial charge on any atom is -0.494 e. The van der Waals surface area contributed by atoms with Crippen molar-refractivity contribution in [3.05, 3.63) is 276 Å². The van der Waals surface area contributed by atoms with Gasteiger partial charge in [0.2, 0.25) is 0 Å². The highest BCUT2D eigenvalue weighted by Crippen LogP contribution is 2.41. The second-order valence-corrected chi connectivity index (χ2v) is 21.6. The van der Waals surface area contributed by atoms with E-state index in [0.717, 1.165) is 69.2 Å². The van der Waals surface area contributed by atoms with Crippen molar-refractivity contribution in [3.8, 4) is 79.7 Å². The molecule has 10 aromatic rings. The first-order chi connectivity index (χ1) is 39.4. The fourth-order valence-corrected chi connectivity index (χ4v) is 10.2. The molecule has 0 aliphatic carbocycles. The van der Waals surface area contributed by atoms with Crippen LogP contribution in [-0.4, -0.2) is 13.2 Å². The molecule has 81 heavy (non-hydrogen) atoms. The second kappa shape index (κ2) is 25.8. The average Bonchev–Trinajstić information content (AvgIpc) is 3.49. The van der Waals surface area contributed by atoms with E-state index < -0.39 is 0 Å². The lowest BCUT2D eigenvalue weighted by Gasteiger charge is -2.26. The number of benzene rings is 10.